The number of piperidine rings is 1. The highest BCUT2D eigenvalue weighted by molar-refractivity contribution is 5.33. The summed E-state index contributed by atoms with van der Waals surface area (Å²) in [6.07, 6.45) is 2.45. The summed E-state index contributed by atoms with van der Waals surface area (Å²) in [7, 11) is 1.77. The Balaban J connectivity index is 2.10. The summed E-state index contributed by atoms with van der Waals surface area (Å²) in [5.41, 5.74) is 7.51. The first-order valence-corrected chi connectivity index (χ1v) is 6.05. The molecule has 5 nitrogen and oxygen atoms in total. The van der Waals surface area contributed by atoms with Gasteiger partial charge in [0, 0.05) is 32.4 Å². The zero-order valence-electron chi connectivity index (χ0n) is 10.5. The van der Waals surface area contributed by atoms with Crippen LogP contribution in [0.1, 0.15) is 24.2 Å². The molecule has 0 bridgehead atoms. The van der Waals surface area contributed by atoms with Crippen LogP contribution in [0.5, 0.6) is 0 Å². The predicted molar refractivity (Wildman–Crippen MR) is 66.9 cm³/mol. The average Bonchev–Trinajstić information content (AvgIpc) is 2.38. The molecule has 0 radical (unpaired) electrons. The maximum absolute atomic E-state index is 5.63. The second kappa shape index (κ2) is 5.42. The molecule has 1 aliphatic heterocycles. The van der Waals surface area contributed by atoms with Gasteiger partial charge in [0.05, 0.1) is 11.8 Å². The van der Waals surface area contributed by atoms with Gasteiger partial charge in [0.25, 0.3) is 0 Å². The largest absolute Gasteiger partial charge is 0.381 e. The molecule has 1 aromatic heterocycles. The number of rotatable bonds is 3. The summed E-state index contributed by atoms with van der Waals surface area (Å²) in [5, 5.41) is 0. The Morgan fingerprint density at radius 1 is 1.41 bits per heavy atom. The molecule has 5 heteroatoms. The van der Waals surface area contributed by atoms with E-state index in [2.05, 4.69) is 14.9 Å². The molecule has 2 rings (SSSR count). The Morgan fingerprint density at radius 2 is 2.12 bits per heavy atom. The number of nitrogens with zero attached hydrogens (tertiary/aromatic N) is 3. The van der Waals surface area contributed by atoms with Gasteiger partial charge in [-0.1, -0.05) is 0 Å². The Labute approximate surface area is 102 Å². The van der Waals surface area contributed by atoms with Crippen LogP contribution in [0.15, 0.2) is 6.07 Å². The number of hydrogen-bond donors (Lipinski definition) is 1. The molecule has 94 valence electrons. The fourth-order valence-corrected chi connectivity index (χ4v) is 2.15. The van der Waals surface area contributed by atoms with E-state index in [1.807, 2.05) is 13.0 Å². The standard InChI is InChI=1S/C12H20N4O/c1-9-7-10(8-13)15-12(14-9)16-5-3-11(17-2)4-6-16/h7,11H,3-6,8,13H2,1-2H3. The highest BCUT2D eigenvalue weighted by atomic mass is 16.5. The van der Waals surface area contributed by atoms with Crippen molar-refractivity contribution < 1.29 is 4.74 Å². The van der Waals surface area contributed by atoms with Gasteiger partial charge >= 0.3 is 0 Å². The SMILES string of the molecule is COC1CCN(c2nc(C)cc(CN)n2)CC1. The molecular weight excluding hydrogens is 216 g/mol. The zero-order chi connectivity index (χ0) is 12.3. The van der Waals surface area contributed by atoms with Gasteiger partial charge in [-0.2, -0.15) is 0 Å². The number of methoxy groups -OCH3 is 1. The third-order valence-electron chi connectivity index (χ3n) is 3.16. The van der Waals surface area contributed by atoms with Crippen molar-refractivity contribution in [3.63, 3.8) is 0 Å². The van der Waals surface area contributed by atoms with E-state index >= 15 is 0 Å². The van der Waals surface area contributed by atoms with E-state index in [0.29, 0.717) is 12.6 Å². The third-order valence-corrected chi connectivity index (χ3v) is 3.16. The Kier molecular flexibility index (Phi) is 3.91. The summed E-state index contributed by atoms with van der Waals surface area (Å²) in [6, 6.07) is 1.94. The van der Waals surface area contributed by atoms with Crippen LogP contribution >= 0.6 is 0 Å². The molecule has 0 saturated carbocycles. The van der Waals surface area contributed by atoms with E-state index in [1.54, 1.807) is 7.11 Å². The topological polar surface area (TPSA) is 64.3 Å². The van der Waals surface area contributed by atoms with Crippen molar-refractivity contribution in [2.45, 2.75) is 32.4 Å². The fourth-order valence-electron chi connectivity index (χ4n) is 2.15. The summed E-state index contributed by atoms with van der Waals surface area (Å²) < 4.78 is 5.36. The van der Waals surface area contributed by atoms with Gasteiger partial charge < -0.3 is 15.4 Å². The minimum Gasteiger partial charge on any atom is -0.381 e. The molecule has 2 N–H and O–H groups in total. The fraction of sp³-hybridized carbons (Fsp3) is 0.667. The van der Waals surface area contributed by atoms with Crippen LogP contribution in [0.25, 0.3) is 0 Å². The van der Waals surface area contributed by atoms with Gasteiger partial charge in [-0.25, -0.2) is 9.97 Å². The van der Waals surface area contributed by atoms with Crippen molar-refractivity contribution in [2.75, 3.05) is 25.1 Å². The molecular formula is C12H20N4O. The predicted octanol–water partition coefficient (Wildman–Crippen LogP) is 0.859. The number of aromatic nitrogens is 2. The minimum atomic E-state index is 0.380. The van der Waals surface area contributed by atoms with Crippen LogP contribution in [0.2, 0.25) is 0 Å². The van der Waals surface area contributed by atoms with E-state index < -0.39 is 0 Å². The molecule has 0 unspecified atom stereocenters. The van der Waals surface area contributed by atoms with Gasteiger partial charge in [-0.05, 0) is 25.8 Å². The maximum Gasteiger partial charge on any atom is 0.225 e. The highest BCUT2D eigenvalue weighted by Crippen LogP contribution is 2.18. The van der Waals surface area contributed by atoms with E-state index in [0.717, 1.165) is 43.3 Å². The molecule has 1 saturated heterocycles. The number of nitrogens with two attached hydrogens (primary N) is 1. The summed E-state index contributed by atoms with van der Waals surface area (Å²) in [5.74, 6) is 0.806. The van der Waals surface area contributed by atoms with Crippen LogP contribution in [0.3, 0.4) is 0 Å². The van der Waals surface area contributed by atoms with Crippen molar-refractivity contribution in [3.8, 4) is 0 Å². The molecule has 1 aromatic rings. The number of anilines is 1. The maximum atomic E-state index is 5.63. The average molecular weight is 236 g/mol. The quantitative estimate of drug-likeness (QED) is 0.843. The van der Waals surface area contributed by atoms with Gasteiger partial charge in [0.1, 0.15) is 0 Å². The summed E-state index contributed by atoms with van der Waals surface area (Å²) >= 11 is 0. The zero-order valence-corrected chi connectivity index (χ0v) is 10.5. The lowest BCUT2D eigenvalue weighted by atomic mass is 10.1. The van der Waals surface area contributed by atoms with Crippen LogP contribution in [-0.2, 0) is 11.3 Å². The van der Waals surface area contributed by atoms with E-state index in [1.165, 1.54) is 0 Å². The van der Waals surface area contributed by atoms with E-state index in [-0.39, 0.29) is 0 Å². The van der Waals surface area contributed by atoms with Crippen molar-refractivity contribution in [1.82, 2.24) is 9.97 Å². The molecule has 2 heterocycles. The van der Waals surface area contributed by atoms with Gasteiger partial charge in [0.2, 0.25) is 5.95 Å². The lowest BCUT2D eigenvalue weighted by Crippen LogP contribution is -2.37. The Bertz CT molecular complexity index is 375. The molecule has 1 fully saturated rings. The summed E-state index contributed by atoms with van der Waals surface area (Å²) in [6.45, 7) is 4.34. The van der Waals surface area contributed by atoms with E-state index in [4.69, 9.17) is 10.5 Å². The van der Waals surface area contributed by atoms with Crippen LogP contribution in [0, 0.1) is 6.92 Å². The number of hydrogen-bond acceptors (Lipinski definition) is 5. The monoisotopic (exact) mass is 236 g/mol. The lowest BCUT2D eigenvalue weighted by Gasteiger charge is -2.31. The molecule has 0 aromatic carbocycles. The summed E-state index contributed by atoms with van der Waals surface area (Å²) in [4.78, 5) is 11.2. The molecule has 17 heavy (non-hydrogen) atoms. The van der Waals surface area contributed by atoms with Crippen molar-refractivity contribution >= 4 is 5.95 Å². The van der Waals surface area contributed by atoms with Gasteiger partial charge in [-0.15, -0.1) is 0 Å². The first-order valence-electron chi connectivity index (χ1n) is 6.05. The van der Waals surface area contributed by atoms with Crippen LogP contribution in [-0.4, -0.2) is 36.3 Å². The smallest absolute Gasteiger partial charge is 0.225 e. The van der Waals surface area contributed by atoms with Gasteiger partial charge in [-0.3, -0.25) is 0 Å². The molecule has 0 amide bonds. The normalized spacial score (nSPS) is 17.5. The number of aryl methyl sites for hydroxylation is 1. The first-order chi connectivity index (χ1) is 8.22. The van der Waals surface area contributed by atoms with Crippen molar-refractivity contribution in [3.05, 3.63) is 17.5 Å². The van der Waals surface area contributed by atoms with Gasteiger partial charge in [0.15, 0.2) is 0 Å². The minimum absolute atomic E-state index is 0.380. The highest BCUT2D eigenvalue weighted by Gasteiger charge is 2.20. The van der Waals surface area contributed by atoms with Crippen molar-refractivity contribution in [1.29, 1.82) is 0 Å². The molecule has 0 spiro atoms. The third kappa shape index (κ3) is 2.92. The second-order valence-electron chi connectivity index (χ2n) is 4.43. The van der Waals surface area contributed by atoms with Crippen molar-refractivity contribution in [2.24, 2.45) is 5.73 Å². The molecule has 0 aliphatic carbocycles. The van der Waals surface area contributed by atoms with Crippen LogP contribution < -0.4 is 10.6 Å². The molecule has 0 atom stereocenters. The molecule has 1 aliphatic rings. The Hall–Kier alpha value is -1.20. The lowest BCUT2D eigenvalue weighted by molar-refractivity contribution is 0.0816. The second-order valence-corrected chi connectivity index (χ2v) is 4.43. The first kappa shape index (κ1) is 12.3. The Morgan fingerprint density at radius 3 is 2.71 bits per heavy atom. The van der Waals surface area contributed by atoms with E-state index in [9.17, 15) is 0 Å². The van der Waals surface area contributed by atoms with Crippen LogP contribution in [0.4, 0.5) is 5.95 Å². The number of ether oxygens (including phenoxy) is 1.